The predicted octanol–water partition coefficient (Wildman–Crippen LogP) is 18.5. The molecule has 0 spiro atoms. The van der Waals surface area contributed by atoms with E-state index in [1.165, 1.54) is 51.5 Å². The van der Waals surface area contributed by atoms with Gasteiger partial charge in [0.15, 0.2) is 0 Å². The number of fused-ring (bicyclic) bond motifs is 6. The molecule has 2 aromatic heterocycles. The molecule has 0 aliphatic rings. The molecule has 0 unspecified atom stereocenters. The lowest BCUT2D eigenvalue weighted by Crippen LogP contribution is -2.13. The summed E-state index contributed by atoms with van der Waals surface area (Å²) in [5.74, 6) is 0. The molecular formula is C60H41N3S2. The summed E-state index contributed by atoms with van der Waals surface area (Å²) >= 11 is 3.71. The first kappa shape index (κ1) is 38.7. The maximum Gasteiger partial charge on any atom is 0.0575 e. The molecule has 3 nitrogen and oxygen atoms in total. The average molecular weight is 868 g/mol. The van der Waals surface area contributed by atoms with Crippen molar-refractivity contribution in [2.24, 2.45) is 0 Å². The number of para-hydroxylation sites is 5. The molecule has 12 rings (SSSR count). The van der Waals surface area contributed by atoms with Crippen molar-refractivity contribution < 1.29 is 0 Å². The van der Waals surface area contributed by atoms with Crippen LogP contribution in [0.4, 0.5) is 51.2 Å². The number of hydrogen-bond donors (Lipinski definition) is 0. The van der Waals surface area contributed by atoms with Gasteiger partial charge in [0.05, 0.1) is 5.69 Å². The third-order valence-corrected chi connectivity index (χ3v) is 14.4. The van der Waals surface area contributed by atoms with Gasteiger partial charge < -0.3 is 14.7 Å². The van der Waals surface area contributed by atoms with Gasteiger partial charge in [0.25, 0.3) is 0 Å². The van der Waals surface area contributed by atoms with E-state index in [1.54, 1.807) is 0 Å². The normalized spacial score (nSPS) is 11.4. The number of rotatable bonds is 10. The van der Waals surface area contributed by atoms with Crippen LogP contribution in [0.25, 0.3) is 51.5 Å². The van der Waals surface area contributed by atoms with Crippen molar-refractivity contribution in [1.29, 1.82) is 0 Å². The zero-order chi connectivity index (χ0) is 43.1. The van der Waals surface area contributed by atoms with Crippen molar-refractivity contribution in [3.8, 4) is 11.1 Å². The van der Waals surface area contributed by atoms with Gasteiger partial charge in [0.1, 0.15) is 0 Å². The van der Waals surface area contributed by atoms with Gasteiger partial charge in [-0.2, -0.15) is 0 Å². The summed E-state index contributed by atoms with van der Waals surface area (Å²) in [6.45, 7) is 0. The summed E-state index contributed by atoms with van der Waals surface area (Å²) in [4.78, 5) is 7.16. The summed E-state index contributed by atoms with van der Waals surface area (Å²) in [5, 5.41) is 5.05. The molecule has 10 aromatic carbocycles. The topological polar surface area (TPSA) is 9.72 Å². The van der Waals surface area contributed by atoms with Crippen LogP contribution in [-0.2, 0) is 0 Å². The van der Waals surface area contributed by atoms with Gasteiger partial charge in [-0.15, -0.1) is 22.7 Å². The molecule has 2 heterocycles. The highest BCUT2D eigenvalue weighted by Crippen LogP contribution is 2.49. The second kappa shape index (κ2) is 16.6. The maximum atomic E-state index is 2.41. The first-order valence-electron chi connectivity index (χ1n) is 21.9. The average Bonchev–Trinajstić information content (AvgIpc) is 3.94. The Balaban J connectivity index is 0.988. The molecule has 0 amide bonds. The van der Waals surface area contributed by atoms with E-state index in [0.717, 1.165) is 51.2 Å². The van der Waals surface area contributed by atoms with Gasteiger partial charge in [0, 0.05) is 85.8 Å². The van der Waals surface area contributed by atoms with Crippen LogP contribution >= 0.6 is 22.7 Å². The predicted molar refractivity (Wildman–Crippen MR) is 282 cm³/mol. The minimum atomic E-state index is 1.09. The Hall–Kier alpha value is -7.96. The maximum absolute atomic E-state index is 2.41. The fourth-order valence-corrected chi connectivity index (χ4v) is 11.5. The highest BCUT2D eigenvalue weighted by atomic mass is 32.1. The lowest BCUT2D eigenvalue weighted by Gasteiger charge is -2.30. The fourth-order valence-electron chi connectivity index (χ4n) is 9.24. The number of nitrogens with zero attached hydrogens (tertiary/aromatic N) is 3. The Kier molecular flexibility index (Phi) is 9.90. The SMILES string of the molecule is c1ccc(N(c2cccc(-c3ccc4c(c3)sc3ccc(N(c5ccccc5)c5ccccc5)cc34)c2)c2cc(N(c3ccccc3)c3ccccc3)c3c(c2)sc2ccccc23)cc1. The molecule has 0 N–H and O–H groups in total. The molecule has 0 radical (unpaired) electrons. The van der Waals surface area contributed by atoms with Gasteiger partial charge in [-0.05, 0) is 126 Å². The summed E-state index contributed by atoms with van der Waals surface area (Å²) in [5.41, 5.74) is 12.4. The van der Waals surface area contributed by atoms with Crippen LogP contribution in [0.2, 0.25) is 0 Å². The minimum Gasteiger partial charge on any atom is -0.310 e. The Morgan fingerprint density at radius 2 is 0.708 bits per heavy atom. The van der Waals surface area contributed by atoms with Gasteiger partial charge in [0.2, 0.25) is 0 Å². The summed E-state index contributed by atoms with van der Waals surface area (Å²) < 4.78 is 5.06. The molecule has 0 atom stereocenters. The van der Waals surface area contributed by atoms with Crippen LogP contribution in [0, 0.1) is 0 Å². The van der Waals surface area contributed by atoms with E-state index in [0.29, 0.717) is 0 Å². The van der Waals surface area contributed by atoms with Crippen molar-refractivity contribution in [1.82, 2.24) is 0 Å². The standard InChI is InChI=1S/C60H41N3S2/c1-6-20-44(21-7-1)61(45-22-8-2-9-23-45)50-34-36-57-54(39-50)52-35-33-43(38-58(52)64-57)42-19-18-30-49(37-42)62(46-24-10-3-11-25-46)51-40-55(60-53-31-16-17-32-56(53)65-59(60)41-51)63(47-26-12-4-13-27-47)48-28-14-5-15-29-48/h1-41H. The molecule has 0 bridgehead atoms. The molecular weight excluding hydrogens is 827 g/mol. The first-order valence-corrected chi connectivity index (χ1v) is 23.5. The monoisotopic (exact) mass is 867 g/mol. The van der Waals surface area contributed by atoms with Crippen molar-refractivity contribution in [3.05, 3.63) is 249 Å². The summed E-state index contributed by atoms with van der Waals surface area (Å²) in [7, 11) is 0. The van der Waals surface area contributed by atoms with E-state index < -0.39 is 0 Å². The Morgan fingerprint density at radius 1 is 0.231 bits per heavy atom. The molecule has 65 heavy (non-hydrogen) atoms. The van der Waals surface area contributed by atoms with Crippen LogP contribution in [0.15, 0.2) is 249 Å². The number of anilines is 9. The molecule has 5 heteroatoms. The lowest BCUT2D eigenvalue weighted by molar-refractivity contribution is 1.26. The van der Waals surface area contributed by atoms with Crippen molar-refractivity contribution in [3.63, 3.8) is 0 Å². The first-order chi connectivity index (χ1) is 32.2. The summed E-state index contributed by atoms with van der Waals surface area (Å²) in [6.07, 6.45) is 0. The zero-order valence-corrected chi connectivity index (χ0v) is 37.0. The molecule has 0 saturated heterocycles. The Morgan fingerprint density at radius 3 is 1.32 bits per heavy atom. The van der Waals surface area contributed by atoms with Crippen molar-refractivity contribution in [2.45, 2.75) is 0 Å². The summed E-state index contributed by atoms with van der Waals surface area (Å²) in [6, 6.07) is 90.0. The second-order valence-electron chi connectivity index (χ2n) is 16.2. The fraction of sp³-hybridized carbons (Fsp3) is 0. The Bertz CT molecular complexity index is 3530. The number of benzene rings is 10. The van der Waals surface area contributed by atoms with E-state index in [1.807, 2.05) is 22.7 Å². The molecule has 0 aliphatic carbocycles. The van der Waals surface area contributed by atoms with E-state index in [-0.39, 0.29) is 0 Å². The molecule has 0 saturated carbocycles. The lowest BCUT2D eigenvalue weighted by atomic mass is 10.0. The van der Waals surface area contributed by atoms with E-state index in [2.05, 4.69) is 263 Å². The van der Waals surface area contributed by atoms with Crippen LogP contribution in [-0.4, -0.2) is 0 Å². The van der Waals surface area contributed by atoms with Crippen molar-refractivity contribution >= 4 is 114 Å². The molecule has 12 aromatic rings. The Labute approximate surface area is 386 Å². The highest BCUT2D eigenvalue weighted by Gasteiger charge is 2.23. The van der Waals surface area contributed by atoms with Crippen LogP contribution < -0.4 is 14.7 Å². The zero-order valence-electron chi connectivity index (χ0n) is 35.3. The van der Waals surface area contributed by atoms with E-state index in [9.17, 15) is 0 Å². The van der Waals surface area contributed by atoms with Gasteiger partial charge in [-0.25, -0.2) is 0 Å². The van der Waals surface area contributed by atoms with Crippen LogP contribution in [0.3, 0.4) is 0 Å². The molecule has 0 fully saturated rings. The smallest absolute Gasteiger partial charge is 0.0575 e. The highest BCUT2D eigenvalue weighted by molar-refractivity contribution is 7.26. The van der Waals surface area contributed by atoms with Crippen LogP contribution in [0.1, 0.15) is 0 Å². The largest absolute Gasteiger partial charge is 0.310 e. The third-order valence-electron chi connectivity index (χ3n) is 12.2. The molecule has 0 aliphatic heterocycles. The minimum absolute atomic E-state index is 1.09. The number of hydrogen-bond acceptors (Lipinski definition) is 5. The van der Waals surface area contributed by atoms with E-state index >= 15 is 0 Å². The van der Waals surface area contributed by atoms with E-state index in [4.69, 9.17) is 0 Å². The van der Waals surface area contributed by atoms with Crippen LogP contribution in [0.5, 0.6) is 0 Å². The van der Waals surface area contributed by atoms with Gasteiger partial charge in [-0.3, -0.25) is 0 Å². The second-order valence-corrected chi connectivity index (χ2v) is 18.3. The number of thiophene rings is 2. The third kappa shape index (κ3) is 7.17. The van der Waals surface area contributed by atoms with Crippen molar-refractivity contribution in [2.75, 3.05) is 14.7 Å². The quantitative estimate of drug-likeness (QED) is 0.136. The van der Waals surface area contributed by atoms with Gasteiger partial charge >= 0.3 is 0 Å². The van der Waals surface area contributed by atoms with Gasteiger partial charge in [-0.1, -0.05) is 133 Å². The molecule has 308 valence electrons.